The van der Waals surface area contributed by atoms with Crippen LogP contribution in [0.3, 0.4) is 0 Å². The van der Waals surface area contributed by atoms with Gasteiger partial charge in [0.25, 0.3) is 11.8 Å². The van der Waals surface area contributed by atoms with Crippen molar-refractivity contribution in [2.75, 3.05) is 16.4 Å². The van der Waals surface area contributed by atoms with Crippen molar-refractivity contribution in [1.82, 2.24) is 5.32 Å². The molecular weight excluding hydrogens is 537 g/mol. The fourth-order valence-corrected chi connectivity index (χ4v) is 4.39. The highest BCUT2D eigenvalue weighted by atomic mass is 35.5. The van der Waals surface area contributed by atoms with Crippen LogP contribution in [0.4, 0.5) is 15.8 Å². The lowest BCUT2D eigenvalue weighted by atomic mass is 10.1. The number of hydrogen-bond donors (Lipinski definition) is 3. The number of carbonyl (C=O) groups is 3. The molecule has 0 atom stereocenters. The normalized spacial score (nSPS) is 11.0. The summed E-state index contributed by atoms with van der Waals surface area (Å²) in [5, 5.41) is 8.53. The summed E-state index contributed by atoms with van der Waals surface area (Å²) in [6.07, 6.45) is 1.28. The van der Waals surface area contributed by atoms with Crippen molar-refractivity contribution in [2.45, 2.75) is 4.90 Å². The standard InChI is InChI=1S/C30H23ClFN3O3S/c31-24-14-5-7-16-26(24)34-28(36)19-39-23-13-8-12-22(18-23)33-30(38)27(17-21-11-4-6-15-25(21)32)35-29(37)20-9-2-1-3-10-20/h1-18H,19H2,(H,33,38)(H,34,36)(H,35,37)/b27-17-. The van der Waals surface area contributed by atoms with Gasteiger partial charge >= 0.3 is 0 Å². The maximum Gasteiger partial charge on any atom is 0.272 e. The van der Waals surface area contributed by atoms with Crippen molar-refractivity contribution in [3.05, 3.63) is 131 Å². The molecule has 0 aromatic heterocycles. The lowest BCUT2D eigenvalue weighted by molar-refractivity contribution is -0.114. The van der Waals surface area contributed by atoms with Crippen molar-refractivity contribution in [3.63, 3.8) is 0 Å². The van der Waals surface area contributed by atoms with Crippen LogP contribution in [0.1, 0.15) is 15.9 Å². The Morgan fingerprint density at radius 2 is 1.54 bits per heavy atom. The quantitative estimate of drug-likeness (QED) is 0.159. The third-order valence-corrected chi connectivity index (χ3v) is 6.67. The van der Waals surface area contributed by atoms with Crippen LogP contribution in [0.2, 0.25) is 5.02 Å². The molecule has 0 unspecified atom stereocenters. The van der Waals surface area contributed by atoms with E-state index < -0.39 is 17.6 Å². The number of amides is 3. The number of hydrogen-bond acceptors (Lipinski definition) is 4. The Kier molecular flexibility index (Phi) is 9.50. The monoisotopic (exact) mass is 559 g/mol. The van der Waals surface area contributed by atoms with E-state index in [4.69, 9.17) is 11.6 Å². The number of thioether (sulfide) groups is 1. The second-order valence-corrected chi connectivity index (χ2v) is 9.65. The molecule has 0 spiro atoms. The van der Waals surface area contributed by atoms with Gasteiger partial charge in [0.1, 0.15) is 11.5 Å². The van der Waals surface area contributed by atoms with Gasteiger partial charge in [0.15, 0.2) is 0 Å². The molecule has 0 aliphatic heterocycles. The first-order chi connectivity index (χ1) is 18.9. The zero-order valence-corrected chi connectivity index (χ0v) is 22.1. The summed E-state index contributed by atoms with van der Waals surface area (Å²) < 4.78 is 14.3. The molecule has 3 amide bonds. The fraction of sp³-hybridized carbons (Fsp3) is 0.0333. The van der Waals surface area contributed by atoms with E-state index in [1.807, 2.05) is 0 Å². The van der Waals surface area contributed by atoms with Gasteiger partial charge in [0, 0.05) is 21.7 Å². The van der Waals surface area contributed by atoms with Crippen LogP contribution in [0, 0.1) is 5.82 Å². The zero-order chi connectivity index (χ0) is 27.6. The van der Waals surface area contributed by atoms with Crippen LogP contribution in [-0.4, -0.2) is 23.5 Å². The first-order valence-corrected chi connectivity index (χ1v) is 13.2. The molecule has 9 heteroatoms. The lowest BCUT2D eigenvalue weighted by Gasteiger charge is -2.12. The van der Waals surface area contributed by atoms with Gasteiger partial charge in [0.2, 0.25) is 5.91 Å². The second kappa shape index (κ2) is 13.4. The predicted octanol–water partition coefficient (Wildman–Crippen LogP) is 6.62. The van der Waals surface area contributed by atoms with Crippen LogP contribution in [0.25, 0.3) is 6.08 Å². The molecule has 39 heavy (non-hydrogen) atoms. The van der Waals surface area contributed by atoms with Gasteiger partial charge in [-0.15, -0.1) is 11.8 Å². The number of benzene rings is 4. The number of nitrogens with one attached hydrogen (secondary N) is 3. The van der Waals surface area contributed by atoms with Crippen molar-refractivity contribution in [1.29, 1.82) is 0 Å². The zero-order valence-electron chi connectivity index (χ0n) is 20.5. The topological polar surface area (TPSA) is 87.3 Å². The molecule has 0 saturated heterocycles. The first kappa shape index (κ1) is 27.6. The number of para-hydroxylation sites is 1. The number of halogens is 2. The van der Waals surface area contributed by atoms with Crippen LogP contribution in [0.15, 0.2) is 114 Å². The second-order valence-electron chi connectivity index (χ2n) is 8.20. The van der Waals surface area contributed by atoms with Gasteiger partial charge in [-0.2, -0.15) is 0 Å². The summed E-state index contributed by atoms with van der Waals surface area (Å²) in [5.74, 6) is -1.80. The summed E-state index contributed by atoms with van der Waals surface area (Å²) in [6, 6.07) is 28.2. The highest BCUT2D eigenvalue weighted by Gasteiger charge is 2.16. The molecule has 4 rings (SSSR count). The minimum absolute atomic E-state index is 0.119. The average Bonchev–Trinajstić information content (AvgIpc) is 2.94. The van der Waals surface area contributed by atoms with E-state index in [1.54, 1.807) is 84.9 Å². The van der Waals surface area contributed by atoms with Crippen LogP contribution in [-0.2, 0) is 9.59 Å². The Balaban J connectivity index is 1.46. The maximum atomic E-state index is 14.3. The third kappa shape index (κ3) is 8.04. The molecule has 4 aromatic carbocycles. The van der Waals surface area contributed by atoms with E-state index in [0.29, 0.717) is 22.0 Å². The molecule has 0 aliphatic carbocycles. The van der Waals surface area contributed by atoms with E-state index in [2.05, 4.69) is 16.0 Å². The number of rotatable bonds is 9. The molecule has 0 bridgehead atoms. The van der Waals surface area contributed by atoms with Gasteiger partial charge in [-0.1, -0.05) is 66.2 Å². The first-order valence-electron chi connectivity index (χ1n) is 11.8. The van der Waals surface area contributed by atoms with Crippen LogP contribution >= 0.6 is 23.4 Å². The van der Waals surface area contributed by atoms with Gasteiger partial charge in [-0.05, 0) is 54.6 Å². The van der Waals surface area contributed by atoms with Gasteiger partial charge in [-0.25, -0.2) is 4.39 Å². The summed E-state index contributed by atoms with van der Waals surface area (Å²) in [5.41, 5.74) is 1.32. The molecule has 0 heterocycles. The summed E-state index contributed by atoms with van der Waals surface area (Å²) in [4.78, 5) is 39.1. The van der Waals surface area contributed by atoms with Gasteiger partial charge in [-0.3, -0.25) is 14.4 Å². The molecule has 3 N–H and O–H groups in total. The average molecular weight is 560 g/mol. The smallest absolute Gasteiger partial charge is 0.272 e. The van der Waals surface area contributed by atoms with Gasteiger partial charge < -0.3 is 16.0 Å². The third-order valence-electron chi connectivity index (χ3n) is 5.34. The Hall–Kier alpha value is -4.40. The molecular formula is C30H23ClFN3O3S. The SMILES string of the molecule is O=C(CSc1cccc(NC(=O)/C(=C/c2ccccc2F)NC(=O)c2ccccc2)c1)Nc1ccccc1Cl. The minimum atomic E-state index is -0.638. The van der Waals surface area contributed by atoms with E-state index in [1.165, 1.54) is 36.0 Å². The maximum absolute atomic E-state index is 14.3. The molecule has 0 radical (unpaired) electrons. The summed E-state index contributed by atoms with van der Waals surface area (Å²) >= 11 is 7.37. The van der Waals surface area contributed by atoms with Crippen LogP contribution in [0.5, 0.6) is 0 Å². The van der Waals surface area contributed by atoms with E-state index in [-0.39, 0.29) is 22.9 Å². The van der Waals surface area contributed by atoms with Crippen molar-refractivity contribution >= 4 is 58.5 Å². The molecule has 6 nitrogen and oxygen atoms in total. The number of anilines is 2. The lowest BCUT2D eigenvalue weighted by Crippen LogP contribution is -2.30. The minimum Gasteiger partial charge on any atom is -0.324 e. The van der Waals surface area contributed by atoms with E-state index in [9.17, 15) is 18.8 Å². The van der Waals surface area contributed by atoms with E-state index in [0.717, 1.165) is 4.90 Å². The molecule has 196 valence electrons. The van der Waals surface area contributed by atoms with Crippen molar-refractivity contribution in [3.8, 4) is 0 Å². The Bertz CT molecular complexity index is 1530. The Morgan fingerprint density at radius 3 is 2.31 bits per heavy atom. The van der Waals surface area contributed by atoms with Crippen LogP contribution < -0.4 is 16.0 Å². The van der Waals surface area contributed by atoms with Crippen molar-refractivity contribution < 1.29 is 18.8 Å². The molecule has 0 saturated carbocycles. The Labute approximate surface area is 234 Å². The summed E-state index contributed by atoms with van der Waals surface area (Å²) in [6.45, 7) is 0. The van der Waals surface area contributed by atoms with E-state index >= 15 is 0 Å². The molecule has 0 aliphatic rings. The summed E-state index contributed by atoms with van der Waals surface area (Å²) in [7, 11) is 0. The molecule has 4 aromatic rings. The fourth-order valence-electron chi connectivity index (χ4n) is 3.45. The van der Waals surface area contributed by atoms with Crippen molar-refractivity contribution in [2.24, 2.45) is 0 Å². The predicted molar refractivity (Wildman–Crippen MR) is 154 cm³/mol. The largest absolute Gasteiger partial charge is 0.324 e. The highest BCUT2D eigenvalue weighted by Crippen LogP contribution is 2.24. The van der Waals surface area contributed by atoms with Gasteiger partial charge in [0.05, 0.1) is 16.5 Å². The molecule has 0 fully saturated rings. The highest BCUT2D eigenvalue weighted by molar-refractivity contribution is 8.00. The Morgan fingerprint density at radius 1 is 0.821 bits per heavy atom. The number of carbonyl (C=O) groups excluding carboxylic acids is 3.